The minimum absolute atomic E-state index is 0.110. The van der Waals surface area contributed by atoms with Gasteiger partial charge in [0.15, 0.2) is 0 Å². The Kier molecular flexibility index (Phi) is 6.49. The standard InChI is InChI=1S/C8H14N2O4S/c1-3-5-6-7-9-15(12,13)10-8(11)14-4-2/h1,9H,4-7H2,2H3,(H,10,11). The second kappa shape index (κ2) is 7.09. The van der Waals surface area contributed by atoms with Crippen molar-refractivity contribution in [1.82, 2.24) is 9.44 Å². The van der Waals surface area contributed by atoms with Crippen LogP contribution in [0.5, 0.6) is 0 Å². The predicted molar refractivity (Wildman–Crippen MR) is 55.1 cm³/mol. The fourth-order valence-electron chi connectivity index (χ4n) is 0.703. The van der Waals surface area contributed by atoms with E-state index >= 15 is 0 Å². The van der Waals surface area contributed by atoms with E-state index in [9.17, 15) is 13.2 Å². The van der Waals surface area contributed by atoms with Crippen LogP contribution in [0, 0.1) is 12.3 Å². The Morgan fingerprint density at radius 3 is 2.73 bits per heavy atom. The SMILES string of the molecule is C#CCCCNS(=O)(=O)NC(=O)OCC. The maximum Gasteiger partial charge on any atom is 0.421 e. The molecule has 0 aliphatic heterocycles. The number of terminal acetylenes is 1. The molecule has 2 N–H and O–H groups in total. The highest BCUT2D eigenvalue weighted by Gasteiger charge is 2.13. The van der Waals surface area contributed by atoms with E-state index in [1.165, 1.54) is 0 Å². The number of rotatable bonds is 6. The molecule has 0 atom stereocenters. The molecule has 1 amide bonds. The third kappa shape index (κ3) is 7.78. The van der Waals surface area contributed by atoms with E-state index in [-0.39, 0.29) is 13.2 Å². The topological polar surface area (TPSA) is 84.5 Å². The average molecular weight is 234 g/mol. The number of hydrogen-bond donors (Lipinski definition) is 2. The molecule has 0 bridgehead atoms. The van der Waals surface area contributed by atoms with Crippen LogP contribution in [-0.4, -0.2) is 27.7 Å². The normalized spacial score (nSPS) is 10.4. The van der Waals surface area contributed by atoms with Gasteiger partial charge in [-0.25, -0.2) is 9.52 Å². The molecule has 0 spiro atoms. The van der Waals surface area contributed by atoms with E-state index in [1.54, 1.807) is 11.6 Å². The largest absolute Gasteiger partial charge is 0.449 e. The molecule has 0 aromatic rings. The van der Waals surface area contributed by atoms with Gasteiger partial charge in [0.25, 0.3) is 0 Å². The van der Waals surface area contributed by atoms with Gasteiger partial charge in [-0.2, -0.15) is 13.1 Å². The molecule has 0 aromatic heterocycles. The van der Waals surface area contributed by atoms with E-state index in [2.05, 4.69) is 15.4 Å². The quantitative estimate of drug-likeness (QED) is 0.499. The molecule has 0 heterocycles. The molecule has 0 rings (SSSR count). The van der Waals surface area contributed by atoms with Crippen LogP contribution in [0.25, 0.3) is 0 Å². The van der Waals surface area contributed by atoms with E-state index < -0.39 is 16.3 Å². The van der Waals surface area contributed by atoms with Crippen LogP contribution < -0.4 is 9.44 Å². The van der Waals surface area contributed by atoms with Crippen molar-refractivity contribution in [3.8, 4) is 12.3 Å². The molecule has 0 fully saturated rings. The smallest absolute Gasteiger partial charge is 0.421 e. The van der Waals surface area contributed by atoms with Crippen molar-refractivity contribution < 1.29 is 17.9 Å². The molecule has 0 unspecified atom stereocenters. The van der Waals surface area contributed by atoms with Crippen LogP contribution >= 0.6 is 0 Å². The lowest BCUT2D eigenvalue weighted by Crippen LogP contribution is -2.40. The highest BCUT2D eigenvalue weighted by Crippen LogP contribution is 1.86. The first-order valence-electron chi connectivity index (χ1n) is 4.39. The molecular weight excluding hydrogens is 220 g/mol. The van der Waals surface area contributed by atoms with Gasteiger partial charge in [0.05, 0.1) is 6.61 Å². The maximum atomic E-state index is 11.1. The number of carbonyl (C=O) groups is 1. The summed E-state index contributed by atoms with van der Waals surface area (Å²) < 4.78 is 30.4. The van der Waals surface area contributed by atoms with Crippen LogP contribution in [0.4, 0.5) is 4.79 Å². The van der Waals surface area contributed by atoms with Gasteiger partial charge >= 0.3 is 16.3 Å². The highest BCUT2D eigenvalue weighted by molar-refractivity contribution is 7.88. The molecule has 0 saturated carbocycles. The van der Waals surface area contributed by atoms with E-state index in [1.807, 2.05) is 0 Å². The minimum atomic E-state index is -3.83. The van der Waals surface area contributed by atoms with E-state index in [0.717, 1.165) is 0 Å². The summed E-state index contributed by atoms with van der Waals surface area (Å²) >= 11 is 0. The lowest BCUT2D eigenvalue weighted by Gasteiger charge is -2.06. The third-order valence-electron chi connectivity index (χ3n) is 1.28. The Balaban J connectivity index is 3.88. The Morgan fingerprint density at radius 1 is 1.53 bits per heavy atom. The van der Waals surface area contributed by atoms with Gasteiger partial charge in [-0.1, -0.05) is 0 Å². The second-order valence-corrected chi connectivity index (χ2v) is 4.03. The molecule has 0 radical (unpaired) electrons. The zero-order chi connectivity index (χ0) is 11.7. The molecule has 7 heteroatoms. The summed E-state index contributed by atoms with van der Waals surface area (Å²) in [7, 11) is -3.83. The number of ether oxygens (including phenoxy) is 1. The lowest BCUT2D eigenvalue weighted by atomic mass is 10.3. The fraction of sp³-hybridized carbons (Fsp3) is 0.625. The first kappa shape index (κ1) is 13.7. The molecule has 0 saturated heterocycles. The van der Waals surface area contributed by atoms with Crippen LogP contribution in [0.1, 0.15) is 19.8 Å². The van der Waals surface area contributed by atoms with Crippen molar-refractivity contribution in [3.05, 3.63) is 0 Å². The van der Waals surface area contributed by atoms with Crippen LogP contribution in [0.15, 0.2) is 0 Å². The molecule has 6 nitrogen and oxygen atoms in total. The van der Waals surface area contributed by atoms with E-state index in [4.69, 9.17) is 6.42 Å². The summed E-state index contributed by atoms with van der Waals surface area (Å²) in [6.07, 6.45) is 4.97. The number of nitrogens with one attached hydrogen (secondary N) is 2. The Bertz CT molecular complexity index is 331. The van der Waals surface area contributed by atoms with Crippen molar-refractivity contribution in [2.24, 2.45) is 0 Å². The van der Waals surface area contributed by atoms with Crippen LogP contribution in [0.3, 0.4) is 0 Å². The van der Waals surface area contributed by atoms with Crippen molar-refractivity contribution in [2.75, 3.05) is 13.2 Å². The predicted octanol–water partition coefficient (Wildman–Crippen LogP) is -0.0197. The van der Waals surface area contributed by atoms with Gasteiger partial charge in [0.2, 0.25) is 0 Å². The fourth-order valence-corrected chi connectivity index (χ4v) is 1.47. The summed E-state index contributed by atoms with van der Waals surface area (Å²) in [5.74, 6) is 2.37. The van der Waals surface area contributed by atoms with Crippen molar-refractivity contribution in [2.45, 2.75) is 19.8 Å². The van der Waals surface area contributed by atoms with Crippen molar-refractivity contribution in [1.29, 1.82) is 0 Å². The maximum absolute atomic E-state index is 11.1. The number of amides is 1. The van der Waals surface area contributed by atoms with Gasteiger partial charge in [0.1, 0.15) is 0 Å². The second-order valence-electron chi connectivity index (χ2n) is 2.53. The lowest BCUT2D eigenvalue weighted by molar-refractivity contribution is 0.158. The first-order valence-corrected chi connectivity index (χ1v) is 5.87. The zero-order valence-corrected chi connectivity index (χ0v) is 9.26. The summed E-state index contributed by atoms with van der Waals surface area (Å²) in [6, 6.07) is 0. The molecule has 0 aliphatic carbocycles. The van der Waals surface area contributed by atoms with Gasteiger partial charge in [-0.15, -0.1) is 12.3 Å². The molecule has 0 aliphatic rings. The monoisotopic (exact) mass is 234 g/mol. The Morgan fingerprint density at radius 2 is 2.20 bits per heavy atom. The van der Waals surface area contributed by atoms with Gasteiger partial charge < -0.3 is 4.74 Å². The van der Waals surface area contributed by atoms with E-state index in [0.29, 0.717) is 12.8 Å². The van der Waals surface area contributed by atoms with Gasteiger partial charge in [-0.05, 0) is 13.3 Å². The van der Waals surface area contributed by atoms with Crippen LogP contribution in [0.2, 0.25) is 0 Å². The molecule has 86 valence electrons. The molecule has 15 heavy (non-hydrogen) atoms. The Labute approximate surface area is 89.6 Å². The highest BCUT2D eigenvalue weighted by atomic mass is 32.2. The summed E-state index contributed by atoms with van der Waals surface area (Å²) in [5, 5.41) is 0. The number of carbonyl (C=O) groups excluding carboxylic acids is 1. The van der Waals surface area contributed by atoms with Gasteiger partial charge in [0, 0.05) is 13.0 Å². The average Bonchev–Trinajstić information content (AvgIpc) is 2.12. The molecular formula is C8H14N2O4S. The third-order valence-corrected chi connectivity index (χ3v) is 2.30. The van der Waals surface area contributed by atoms with Gasteiger partial charge in [-0.3, -0.25) is 0 Å². The zero-order valence-electron chi connectivity index (χ0n) is 8.45. The minimum Gasteiger partial charge on any atom is -0.449 e. The van der Waals surface area contributed by atoms with Crippen molar-refractivity contribution in [3.63, 3.8) is 0 Å². The first-order chi connectivity index (χ1) is 7.02. The summed E-state index contributed by atoms with van der Waals surface area (Å²) in [4.78, 5) is 10.8. The van der Waals surface area contributed by atoms with Crippen LogP contribution in [-0.2, 0) is 14.9 Å². The van der Waals surface area contributed by atoms with Crippen molar-refractivity contribution >= 4 is 16.3 Å². The number of unbranched alkanes of at least 4 members (excludes halogenated alkanes) is 1. The summed E-state index contributed by atoms with van der Waals surface area (Å²) in [5.41, 5.74) is 0. The number of hydrogen-bond acceptors (Lipinski definition) is 4. The molecule has 0 aromatic carbocycles. The summed E-state index contributed by atoms with van der Waals surface area (Å²) in [6.45, 7) is 1.87. The Hall–Kier alpha value is -1.26.